The number of carbonyl (C=O) groups excluding carboxylic acids is 1. The molecule has 1 amide bonds. The first-order valence-electron chi connectivity index (χ1n) is 14.0. The van der Waals surface area contributed by atoms with Crippen molar-refractivity contribution in [2.45, 2.75) is 80.9 Å². The molecule has 2 saturated carbocycles. The third kappa shape index (κ3) is 7.01. The highest BCUT2D eigenvalue weighted by atomic mass is 32.2. The molecule has 2 N–H and O–H groups in total. The molecule has 9 heteroatoms. The number of benzene rings is 2. The standard InChI is InChI=1S/C30H42N2O6S/c1-37-22-30(18-8-9-19-30)29(34)31-27(20-23-10-4-3-5-11-23)28(33)21-32(24-12-6-7-13-24)39(35,36)26-16-14-25(38-2)15-17-26/h3-5,10-11,14-17,24,27-28,33H,6-9,12-13,18-22H2,1-2H3,(H,31,34)/t27?,28-/m0/s1. The zero-order valence-electron chi connectivity index (χ0n) is 23.1. The smallest absolute Gasteiger partial charge is 0.243 e. The van der Waals surface area contributed by atoms with Gasteiger partial charge < -0.3 is 19.9 Å². The lowest BCUT2D eigenvalue weighted by Crippen LogP contribution is -2.55. The average molecular weight is 559 g/mol. The monoisotopic (exact) mass is 558 g/mol. The van der Waals surface area contributed by atoms with E-state index in [1.54, 1.807) is 31.4 Å². The van der Waals surface area contributed by atoms with Crippen molar-refractivity contribution in [2.24, 2.45) is 5.41 Å². The molecule has 0 spiro atoms. The largest absolute Gasteiger partial charge is 0.497 e. The van der Waals surface area contributed by atoms with Gasteiger partial charge in [0.05, 0.1) is 36.2 Å². The van der Waals surface area contributed by atoms with Crippen LogP contribution in [-0.4, -0.2) is 69.3 Å². The Hall–Kier alpha value is -2.46. The number of nitrogens with zero attached hydrogens (tertiary/aromatic N) is 1. The van der Waals surface area contributed by atoms with Gasteiger partial charge in [0.1, 0.15) is 5.75 Å². The Kier molecular flexibility index (Phi) is 10.0. The Morgan fingerprint density at radius 2 is 1.67 bits per heavy atom. The Labute approximate surface area is 232 Å². The van der Waals surface area contributed by atoms with Crippen LogP contribution in [0.15, 0.2) is 59.5 Å². The Morgan fingerprint density at radius 1 is 1.03 bits per heavy atom. The molecule has 2 atom stereocenters. The van der Waals surface area contributed by atoms with Crippen molar-refractivity contribution in [1.29, 1.82) is 0 Å². The summed E-state index contributed by atoms with van der Waals surface area (Å²) in [5.74, 6) is 0.441. The zero-order chi connectivity index (χ0) is 27.9. The number of nitrogens with one attached hydrogen (secondary N) is 1. The number of rotatable bonds is 13. The number of hydrogen-bond donors (Lipinski definition) is 2. The predicted octanol–water partition coefficient (Wildman–Crippen LogP) is 3.92. The first kappa shape index (κ1) is 29.5. The van der Waals surface area contributed by atoms with Gasteiger partial charge in [-0.25, -0.2) is 8.42 Å². The molecule has 0 saturated heterocycles. The number of amides is 1. The van der Waals surface area contributed by atoms with Crippen molar-refractivity contribution >= 4 is 15.9 Å². The normalized spacial score (nSPS) is 19.2. The van der Waals surface area contributed by atoms with Crippen molar-refractivity contribution in [3.8, 4) is 5.75 Å². The number of methoxy groups -OCH3 is 2. The molecule has 39 heavy (non-hydrogen) atoms. The molecule has 2 fully saturated rings. The highest BCUT2D eigenvalue weighted by Crippen LogP contribution is 2.39. The van der Waals surface area contributed by atoms with E-state index in [1.165, 1.54) is 11.4 Å². The molecular weight excluding hydrogens is 516 g/mol. The molecular formula is C30H42N2O6S. The van der Waals surface area contributed by atoms with Crippen molar-refractivity contribution in [3.63, 3.8) is 0 Å². The minimum absolute atomic E-state index is 0.103. The van der Waals surface area contributed by atoms with Gasteiger partial charge in [0.25, 0.3) is 0 Å². The van der Waals surface area contributed by atoms with Crippen LogP contribution in [0.1, 0.15) is 56.9 Å². The van der Waals surface area contributed by atoms with E-state index in [0.717, 1.165) is 56.9 Å². The van der Waals surface area contributed by atoms with Crippen molar-refractivity contribution in [3.05, 3.63) is 60.2 Å². The maximum atomic E-state index is 13.9. The lowest BCUT2D eigenvalue weighted by Gasteiger charge is -2.35. The summed E-state index contributed by atoms with van der Waals surface area (Å²) in [5, 5.41) is 14.8. The van der Waals surface area contributed by atoms with Crippen LogP contribution in [0.3, 0.4) is 0 Å². The number of carbonyl (C=O) groups is 1. The van der Waals surface area contributed by atoms with Gasteiger partial charge in [0.15, 0.2) is 0 Å². The molecule has 0 aromatic heterocycles. The van der Waals surface area contributed by atoms with Crippen LogP contribution in [0.25, 0.3) is 0 Å². The van der Waals surface area contributed by atoms with Crippen molar-refractivity contribution in [2.75, 3.05) is 27.4 Å². The maximum Gasteiger partial charge on any atom is 0.243 e. The van der Waals surface area contributed by atoms with Gasteiger partial charge >= 0.3 is 0 Å². The zero-order valence-corrected chi connectivity index (χ0v) is 23.9. The van der Waals surface area contributed by atoms with Crippen LogP contribution in [0.2, 0.25) is 0 Å². The summed E-state index contributed by atoms with van der Waals surface area (Å²) in [7, 11) is -0.750. The average Bonchev–Trinajstić information content (AvgIpc) is 3.65. The number of ether oxygens (including phenoxy) is 2. The molecule has 2 aromatic carbocycles. The third-order valence-electron chi connectivity index (χ3n) is 8.31. The van der Waals surface area contributed by atoms with Gasteiger partial charge in [0, 0.05) is 19.7 Å². The second-order valence-corrected chi connectivity index (χ2v) is 12.8. The van der Waals surface area contributed by atoms with Crippen molar-refractivity contribution < 1.29 is 27.8 Å². The fourth-order valence-electron chi connectivity index (χ4n) is 6.07. The van der Waals surface area contributed by atoms with Gasteiger partial charge in [-0.1, -0.05) is 56.0 Å². The van der Waals surface area contributed by atoms with Crippen LogP contribution < -0.4 is 10.1 Å². The number of hydrogen-bond acceptors (Lipinski definition) is 6. The van der Waals surface area contributed by atoms with E-state index in [1.807, 2.05) is 30.3 Å². The minimum Gasteiger partial charge on any atom is -0.497 e. The fourth-order valence-corrected chi connectivity index (χ4v) is 7.77. The summed E-state index contributed by atoms with van der Waals surface area (Å²) in [6.07, 6.45) is 6.04. The lowest BCUT2D eigenvalue weighted by atomic mass is 9.85. The molecule has 0 bridgehead atoms. The molecule has 0 radical (unpaired) electrons. The van der Waals surface area contributed by atoms with Crippen LogP contribution in [-0.2, 0) is 26.0 Å². The van der Waals surface area contributed by atoms with E-state index in [0.29, 0.717) is 18.8 Å². The molecule has 2 aliphatic rings. The van der Waals surface area contributed by atoms with Crippen LogP contribution in [0, 0.1) is 5.41 Å². The van der Waals surface area contributed by atoms with E-state index in [9.17, 15) is 18.3 Å². The second-order valence-electron chi connectivity index (χ2n) is 10.9. The quantitative estimate of drug-likeness (QED) is 0.386. The van der Waals surface area contributed by atoms with E-state index in [4.69, 9.17) is 9.47 Å². The molecule has 4 rings (SSSR count). The Balaban J connectivity index is 1.61. The molecule has 1 unspecified atom stereocenters. The van der Waals surface area contributed by atoms with Gasteiger partial charge in [-0.05, 0) is 61.9 Å². The SMILES string of the molecule is COCC1(C(=O)NC(Cc2ccccc2)[C@@H](O)CN(C2CCCC2)S(=O)(=O)c2ccc(OC)cc2)CCCC1. The lowest BCUT2D eigenvalue weighted by molar-refractivity contribution is -0.135. The summed E-state index contributed by atoms with van der Waals surface area (Å²) in [6, 6.07) is 15.1. The van der Waals surface area contributed by atoms with Gasteiger partial charge in [0.2, 0.25) is 15.9 Å². The van der Waals surface area contributed by atoms with E-state index in [2.05, 4.69) is 5.32 Å². The van der Waals surface area contributed by atoms with Crippen LogP contribution in [0.5, 0.6) is 5.75 Å². The molecule has 8 nitrogen and oxygen atoms in total. The van der Waals surface area contributed by atoms with Gasteiger partial charge in [-0.15, -0.1) is 0 Å². The number of aliphatic hydroxyl groups excluding tert-OH is 1. The number of aliphatic hydroxyl groups is 1. The van der Waals surface area contributed by atoms with Gasteiger partial charge in [-0.3, -0.25) is 4.79 Å². The second kappa shape index (κ2) is 13.3. The molecule has 2 aliphatic carbocycles. The predicted molar refractivity (Wildman–Crippen MR) is 150 cm³/mol. The summed E-state index contributed by atoms with van der Waals surface area (Å²) in [4.78, 5) is 13.8. The summed E-state index contributed by atoms with van der Waals surface area (Å²) in [5.41, 5.74) is 0.337. The van der Waals surface area contributed by atoms with Crippen molar-refractivity contribution in [1.82, 2.24) is 9.62 Å². The van der Waals surface area contributed by atoms with E-state index < -0.39 is 27.6 Å². The molecule has 2 aromatic rings. The fraction of sp³-hybridized carbons (Fsp3) is 0.567. The summed E-state index contributed by atoms with van der Waals surface area (Å²) < 4.78 is 39.8. The summed E-state index contributed by atoms with van der Waals surface area (Å²) in [6.45, 7) is 0.223. The highest BCUT2D eigenvalue weighted by Gasteiger charge is 2.43. The van der Waals surface area contributed by atoms with Crippen LogP contribution in [0.4, 0.5) is 0 Å². The highest BCUT2D eigenvalue weighted by molar-refractivity contribution is 7.89. The molecule has 214 valence electrons. The van der Waals surface area contributed by atoms with E-state index >= 15 is 0 Å². The topological polar surface area (TPSA) is 105 Å². The first-order chi connectivity index (χ1) is 18.8. The third-order valence-corrected chi connectivity index (χ3v) is 10.2. The summed E-state index contributed by atoms with van der Waals surface area (Å²) >= 11 is 0. The number of sulfonamides is 1. The maximum absolute atomic E-state index is 13.9. The first-order valence-corrected chi connectivity index (χ1v) is 15.4. The van der Waals surface area contributed by atoms with Gasteiger partial charge in [-0.2, -0.15) is 4.31 Å². The Bertz CT molecular complexity index is 1160. The van der Waals surface area contributed by atoms with E-state index in [-0.39, 0.29) is 23.4 Å². The van der Waals surface area contributed by atoms with Crippen LogP contribution >= 0.6 is 0 Å². The molecule has 0 heterocycles. The minimum atomic E-state index is -3.89. The molecule has 0 aliphatic heterocycles. The Morgan fingerprint density at radius 3 is 2.26 bits per heavy atom.